The SMILES string of the molecule is CCOC(=O)C(=O)CC(=O)C=Cc1ccccc1Cl. The average Bonchev–Trinajstić information content (AvgIpc) is 2.38. The van der Waals surface area contributed by atoms with Gasteiger partial charge in [-0.15, -0.1) is 0 Å². The molecule has 19 heavy (non-hydrogen) atoms. The topological polar surface area (TPSA) is 60.4 Å². The van der Waals surface area contributed by atoms with Crippen molar-refractivity contribution in [1.82, 2.24) is 0 Å². The van der Waals surface area contributed by atoms with E-state index in [2.05, 4.69) is 4.74 Å². The summed E-state index contributed by atoms with van der Waals surface area (Å²) >= 11 is 5.90. The van der Waals surface area contributed by atoms with Crippen LogP contribution in [0.15, 0.2) is 30.3 Å². The number of benzene rings is 1. The summed E-state index contributed by atoms with van der Waals surface area (Å²) in [5.41, 5.74) is 0.668. The van der Waals surface area contributed by atoms with Crippen LogP contribution in [-0.4, -0.2) is 24.1 Å². The van der Waals surface area contributed by atoms with Gasteiger partial charge >= 0.3 is 5.97 Å². The average molecular weight is 281 g/mol. The van der Waals surface area contributed by atoms with Crippen molar-refractivity contribution >= 4 is 35.2 Å². The molecule has 5 heteroatoms. The second-order valence-electron chi connectivity index (χ2n) is 3.64. The summed E-state index contributed by atoms with van der Waals surface area (Å²) in [6, 6.07) is 6.97. The summed E-state index contributed by atoms with van der Waals surface area (Å²) in [6.07, 6.45) is 2.22. The molecule has 0 amide bonds. The lowest BCUT2D eigenvalue weighted by atomic mass is 10.1. The van der Waals surface area contributed by atoms with E-state index >= 15 is 0 Å². The van der Waals surface area contributed by atoms with Crippen LogP contribution in [0, 0.1) is 0 Å². The minimum atomic E-state index is -0.984. The summed E-state index contributed by atoms with van der Waals surface area (Å²) in [4.78, 5) is 33.8. The van der Waals surface area contributed by atoms with E-state index in [-0.39, 0.29) is 6.61 Å². The second kappa shape index (κ2) is 7.48. The van der Waals surface area contributed by atoms with Crippen molar-refractivity contribution in [3.63, 3.8) is 0 Å². The number of carbonyl (C=O) groups is 3. The minimum Gasteiger partial charge on any atom is -0.460 e. The fourth-order valence-electron chi connectivity index (χ4n) is 1.29. The molecule has 0 radical (unpaired) electrons. The van der Waals surface area contributed by atoms with Crippen LogP contribution < -0.4 is 0 Å². The van der Waals surface area contributed by atoms with Crippen molar-refractivity contribution in [3.05, 3.63) is 40.9 Å². The van der Waals surface area contributed by atoms with E-state index in [1.807, 2.05) is 0 Å². The van der Waals surface area contributed by atoms with E-state index in [0.29, 0.717) is 10.6 Å². The van der Waals surface area contributed by atoms with Crippen LogP contribution in [-0.2, 0) is 19.1 Å². The molecular formula is C14H13ClO4. The zero-order valence-corrected chi connectivity index (χ0v) is 11.1. The van der Waals surface area contributed by atoms with Gasteiger partial charge in [0.05, 0.1) is 13.0 Å². The summed E-state index contributed by atoms with van der Waals surface area (Å²) in [7, 11) is 0. The number of rotatable bonds is 6. The number of ketones is 2. The predicted octanol–water partition coefficient (Wildman–Crippen LogP) is 2.44. The van der Waals surface area contributed by atoms with Crippen LogP contribution in [0.1, 0.15) is 18.9 Å². The Kier molecular flexibility index (Phi) is 5.96. The Morgan fingerprint density at radius 2 is 1.95 bits per heavy atom. The van der Waals surface area contributed by atoms with Gasteiger partial charge in [0.1, 0.15) is 0 Å². The van der Waals surface area contributed by atoms with Crippen molar-refractivity contribution in [2.75, 3.05) is 6.61 Å². The molecule has 0 fully saturated rings. The van der Waals surface area contributed by atoms with Crippen molar-refractivity contribution in [1.29, 1.82) is 0 Å². The third-order valence-corrected chi connectivity index (χ3v) is 2.54. The highest BCUT2D eigenvalue weighted by molar-refractivity contribution is 6.38. The summed E-state index contributed by atoms with van der Waals surface area (Å²) in [6.45, 7) is 1.69. The quantitative estimate of drug-likeness (QED) is 0.347. The van der Waals surface area contributed by atoms with Crippen LogP contribution in [0.25, 0.3) is 6.08 Å². The number of carbonyl (C=O) groups excluding carboxylic acids is 3. The molecule has 0 aliphatic carbocycles. The Morgan fingerprint density at radius 3 is 2.58 bits per heavy atom. The van der Waals surface area contributed by atoms with Crippen molar-refractivity contribution in [2.24, 2.45) is 0 Å². The second-order valence-corrected chi connectivity index (χ2v) is 4.05. The fourth-order valence-corrected chi connectivity index (χ4v) is 1.49. The Bertz CT molecular complexity index is 520. The first-order valence-corrected chi connectivity index (χ1v) is 6.07. The maximum Gasteiger partial charge on any atom is 0.375 e. The van der Waals surface area contributed by atoms with Crippen molar-refractivity contribution in [3.8, 4) is 0 Å². The zero-order chi connectivity index (χ0) is 14.3. The molecule has 1 aromatic rings. The zero-order valence-electron chi connectivity index (χ0n) is 10.4. The molecule has 0 aromatic heterocycles. The Labute approximate surface area is 116 Å². The molecular weight excluding hydrogens is 268 g/mol. The largest absolute Gasteiger partial charge is 0.460 e. The first-order chi connectivity index (χ1) is 9.04. The molecule has 0 heterocycles. The molecule has 0 aliphatic rings. The predicted molar refractivity (Wildman–Crippen MR) is 71.8 cm³/mol. The lowest BCUT2D eigenvalue weighted by Crippen LogP contribution is -2.19. The van der Waals surface area contributed by atoms with Crippen LogP contribution in [0.2, 0.25) is 5.02 Å². The number of esters is 1. The molecule has 0 atom stereocenters. The molecule has 0 saturated heterocycles. The maximum atomic E-state index is 11.5. The highest BCUT2D eigenvalue weighted by Gasteiger charge is 2.17. The monoisotopic (exact) mass is 280 g/mol. The first kappa shape index (κ1) is 15.1. The fraction of sp³-hybridized carbons (Fsp3) is 0.214. The molecule has 4 nitrogen and oxygen atoms in total. The van der Waals surface area contributed by atoms with E-state index in [1.54, 1.807) is 31.2 Å². The standard InChI is InChI=1S/C14H13ClO4/c1-2-19-14(18)13(17)9-11(16)8-7-10-5-3-4-6-12(10)15/h3-8H,2,9H2,1H3. The lowest BCUT2D eigenvalue weighted by Gasteiger charge is -1.99. The molecule has 1 aromatic carbocycles. The lowest BCUT2D eigenvalue weighted by molar-refractivity contribution is -0.154. The summed E-state index contributed by atoms with van der Waals surface area (Å²) in [5, 5.41) is 0.503. The molecule has 0 unspecified atom stereocenters. The minimum absolute atomic E-state index is 0.105. The highest BCUT2D eigenvalue weighted by atomic mass is 35.5. The van der Waals surface area contributed by atoms with Crippen molar-refractivity contribution in [2.45, 2.75) is 13.3 Å². The Morgan fingerprint density at radius 1 is 1.26 bits per heavy atom. The third kappa shape index (κ3) is 5.06. The first-order valence-electron chi connectivity index (χ1n) is 5.70. The molecule has 0 bridgehead atoms. The normalized spacial score (nSPS) is 10.4. The van der Waals surface area contributed by atoms with Crippen LogP contribution in [0.4, 0.5) is 0 Å². The van der Waals surface area contributed by atoms with Gasteiger partial charge in [-0.05, 0) is 30.7 Å². The summed E-state index contributed by atoms with van der Waals surface area (Å²) < 4.78 is 4.50. The van der Waals surface area contributed by atoms with E-state index in [9.17, 15) is 14.4 Å². The van der Waals surface area contributed by atoms with E-state index in [4.69, 9.17) is 11.6 Å². The molecule has 0 saturated carbocycles. The number of allylic oxidation sites excluding steroid dienone is 1. The Hall–Kier alpha value is -1.94. The van der Waals surface area contributed by atoms with Gasteiger partial charge in [0.15, 0.2) is 5.78 Å². The van der Waals surface area contributed by atoms with Crippen LogP contribution in [0.5, 0.6) is 0 Å². The molecule has 100 valence electrons. The van der Waals surface area contributed by atoms with Gasteiger partial charge in [-0.3, -0.25) is 9.59 Å². The van der Waals surface area contributed by atoms with Gasteiger partial charge in [0.25, 0.3) is 0 Å². The molecule has 0 spiro atoms. The molecule has 0 aliphatic heterocycles. The van der Waals surface area contributed by atoms with E-state index in [1.165, 1.54) is 12.2 Å². The van der Waals surface area contributed by atoms with Crippen LogP contribution in [0.3, 0.4) is 0 Å². The van der Waals surface area contributed by atoms with E-state index in [0.717, 1.165) is 0 Å². The van der Waals surface area contributed by atoms with Gasteiger partial charge in [0.2, 0.25) is 5.78 Å². The number of hydrogen-bond acceptors (Lipinski definition) is 4. The number of halogens is 1. The number of Topliss-reactive ketones (excluding diaryl/α,β-unsaturated/α-hetero) is 1. The van der Waals surface area contributed by atoms with Gasteiger partial charge < -0.3 is 4.74 Å². The number of ether oxygens (including phenoxy) is 1. The van der Waals surface area contributed by atoms with Gasteiger partial charge in [-0.2, -0.15) is 0 Å². The van der Waals surface area contributed by atoms with E-state index < -0.39 is 24.0 Å². The van der Waals surface area contributed by atoms with Gasteiger partial charge in [-0.25, -0.2) is 4.79 Å². The van der Waals surface area contributed by atoms with Gasteiger partial charge in [-0.1, -0.05) is 29.8 Å². The highest BCUT2D eigenvalue weighted by Crippen LogP contribution is 2.16. The van der Waals surface area contributed by atoms with Crippen LogP contribution >= 0.6 is 11.6 Å². The number of hydrogen-bond donors (Lipinski definition) is 0. The van der Waals surface area contributed by atoms with Crippen molar-refractivity contribution < 1.29 is 19.1 Å². The molecule has 0 N–H and O–H groups in total. The van der Waals surface area contributed by atoms with Gasteiger partial charge in [0, 0.05) is 5.02 Å². The molecule has 1 rings (SSSR count). The Balaban J connectivity index is 2.59. The summed E-state index contributed by atoms with van der Waals surface area (Å²) in [5.74, 6) is -2.31. The third-order valence-electron chi connectivity index (χ3n) is 2.19. The maximum absolute atomic E-state index is 11.5. The smallest absolute Gasteiger partial charge is 0.375 e.